The fourth-order valence-electron chi connectivity index (χ4n) is 2.77. The highest BCUT2D eigenvalue weighted by atomic mass is 32.1. The quantitative estimate of drug-likeness (QED) is 0.616. The molecule has 0 radical (unpaired) electrons. The Morgan fingerprint density at radius 1 is 1.43 bits per heavy atom. The molecule has 1 atom stereocenters. The summed E-state index contributed by atoms with van der Waals surface area (Å²) in [6.45, 7) is 12.3. The molecule has 0 aromatic carbocycles. The Bertz CT molecular complexity index is 501. The third kappa shape index (κ3) is 6.49. The van der Waals surface area contributed by atoms with E-state index in [0.717, 1.165) is 45.3 Å². The van der Waals surface area contributed by atoms with Crippen molar-refractivity contribution in [2.45, 2.75) is 33.4 Å². The van der Waals surface area contributed by atoms with Gasteiger partial charge in [-0.25, -0.2) is 0 Å². The van der Waals surface area contributed by atoms with Crippen LogP contribution in [0.3, 0.4) is 0 Å². The van der Waals surface area contributed by atoms with Crippen molar-refractivity contribution < 1.29 is 4.74 Å². The zero-order valence-corrected chi connectivity index (χ0v) is 15.6. The number of ether oxygens (including phenoxy) is 1. The van der Waals surface area contributed by atoms with Gasteiger partial charge in [-0.15, -0.1) is 11.3 Å². The maximum absolute atomic E-state index is 5.87. The smallest absolute Gasteiger partial charge is 0.191 e. The van der Waals surface area contributed by atoms with Crippen LogP contribution in [0.15, 0.2) is 17.1 Å². The van der Waals surface area contributed by atoms with Gasteiger partial charge in [0.1, 0.15) is 0 Å². The number of nitrogens with one attached hydrogen (secondary N) is 2. The topological polar surface area (TPSA) is 48.9 Å². The van der Waals surface area contributed by atoms with Gasteiger partial charge in [-0.05, 0) is 25.0 Å². The number of hydrogen-bond donors (Lipinski definition) is 2. The monoisotopic (exact) mass is 338 g/mol. The van der Waals surface area contributed by atoms with Crippen LogP contribution in [-0.2, 0) is 11.3 Å². The molecule has 1 aromatic rings. The molecule has 1 saturated heterocycles. The third-order valence-corrected chi connectivity index (χ3v) is 4.79. The number of thiophene rings is 1. The first-order valence-electron chi connectivity index (χ1n) is 8.40. The fourth-order valence-corrected chi connectivity index (χ4v) is 3.60. The lowest BCUT2D eigenvalue weighted by molar-refractivity contribution is -0.0284. The lowest BCUT2D eigenvalue weighted by Gasteiger charge is -2.34. The molecule has 130 valence electrons. The van der Waals surface area contributed by atoms with E-state index >= 15 is 0 Å². The predicted octanol–water partition coefficient (Wildman–Crippen LogP) is 2.08. The number of morpholine rings is 1. The molecule has 2 rings (SSSR count). The summed E-state index contributed by atoms with van der Waals surface area (Å²) in [5, 5.41) is 6.74. The van der Waals surface area contributed by atoms with Crippen LogP contribution in [0.5, 0.6) is 0 Å². The van der Waals surface area contributed by atoms with Crippen molar-refractivity contribution in [3.63, 3.8) is 0 Å². The van der Waals surface area contributed by atoms with E-state index in [-0.39, 0.29) is 6.10 Å². The van der Waals surface area contributed by atoms with E-state index in [1.807, 2.05) is 18.4 Å². The van der Waals surface area contributed by atoms with E-state index in [9.17, 15) is 0 Å². The summed E-state index contributed by atoms with van der Waals surface area (Å²) in [4.78, 5) is 9.44. The van der Waals surface area contributed by atoms with E-state index in [1.165, 1.54) is 9.75 Å². The Balaban J connectivity index is 1.72. The highest BCUT2D eigenvalue weighted by Crippen LogP contribution is 2.14. The van der Waals surface area contributed by atoms with Gasteiger partial charge < -0.3 is 15.4 Å². The average Bonchev–Trinajstić information content (AvgIpc) is 2.93. The second-order valence-corrected chi connectivity index (χ2v) is 7.84. The maximum atomic E-state index is 5.87. The molecular weight excluding hydrogens is 308 g/mol. The Hall–Kier alpha value is -1.11. The molecule has 0 saturated carbocycles. The minimum absolute atomic E-state index is 0.227. The van der Waals surface area contributed by atoms with Crippen LogP contribution >= 0.6 is 11.3 Å². The highest BCUT2D eigenvalue weighted by Gasteiger charge is 2.21. The zero-order chi connectivity index (χ0) is 16.7. The van der Waals surface area contributed by atoms with Gasteiger partial charge in [-0.3, -0.25) is 9.89 Å². The molecule has 0 bridgehead atoms. The van der Waals surface area contributed by atoms with Crippen molar-refractivity contribution in [2.24, 2.45) is 10.9 Å². The number of guanidine groups is 1. The summed E-state index contributed by atoms with van der Waals surface area (Å²) >= 11 is 1.82. The molecule has 23 heavy (non-hydrogen) atoms. The normalized spacial score (nSPS) is 20.0. The lowest BCUT2D eigenvalue weighted by Crippen LogP contribution is -2.50. The molecule has 1 aliphatic heterocycles. The van der Waals surface area contributed by atoms with Crippen molar-refractivity contribution in [3.8, 4) is 0 Å². The van der Waals surface area contributed by atoms with E-state index in [0.29, 0.717) is 5.92 Å². The van der Waals surface area contributed by atoms with Gasteiger partial charge in [0.05, 0.1) is 19.3 Å². The SMILES string of the molecule is CN=C(NCc1ccc(C)s1)NCC1CN(CC(C)C)CCO1. The largest absolute Gasteiger partial charge is 0.374 e. The molecule has 0 amide bonds. The van der Waals surface area contributed by atoms with Crippen LogP contribution in [0.2, 0.25) is 0 Å². The van der Waals surface area contributed by atoms with Crippen LogP contribution in [0.1, 0.15) is 23.6 Å². The molecular formula is C17H30N4OS. The minimum atomic E-state index is 0.227. The summed E-state index contributed by atoms with van der Waals surface area (Å²) in [7, 11) is 1.81. The number of aliphatic imine (C=N–C) groups is 1. The summed E-state index contributed by atoms with van der Waals surface area (Å²) < 4.78 is 5.87. The van der Waals surface area contributed by atoms with Crippen LogP contribution < -0.4 is 10.6 Å². The van der Waals surface area contributed by atoms with Gasteiger partial charge in [0.2, 0.25) is 0 Å². The summed E-state index contributed by atoms with van der Waals surface area (Å²) in [5.74, 6) is 1.53. The van der Waals surface area contributed by atoms with Crippen LogP contribution in [0.4, 0.5) is 0 Å². The van der Waals surface area contributed by atoms with E-state index in [4.69, 9.17) is 4.74 Å². The standard InChI is InChI=1S/C17H30N4OS/c1-13(2)11-21-7-8-22-15(12-21)9-19-17(18-4)20-10-16-6-5-14(3)23-16/h5-6,13,15H,7-12H2,1-4H3,(H2,18,19,20). The Morgan fingerprint density at radius 3 is 2.91 bits per heavy atom. The number of hydrogen-bond acceptors (Lipinski definition) is 4. The minimum Gasteiger partial charge on any atom is -0.374 e. The van der Waals surface area contributed by atoms with E-state index in [1.54, 1.807) is 0 Å². The molecule has 1 aromatic heterocycles. The molecule has 1 fully saturated rings. The van der Waals surface area contributed by atoms with Gasteiger partial charge >= 0.3 is 0 Å². The third-order valence-electron chi connectivity index (χ3n) is 3.79. The zero-order valence-electron chi connectivity index (χ0n) is 14.8. The van der Waals surface area contributed by atoms with Crippen molar-refractivity contribution >= 4 is 17.3 Å². The highest BCUT2D eigenvalue weighted by molar-refractivity contribution is 7.11. The second-order valence-electron chi connectivity index (χ2n) is 6.47. The van der Waals surface area contributed by atoms with Gasteiger partial charge in [-0.1, -0.05) is 13.8 Å². The fraction of sp³-hybridized carbons (Fsp3) is 0.706. The number of rotatable bonds is 6. The van der Waals surface area contributed by atoms with Crippen molar-refractivity contribution in [2.75, 3.05) is 39.8 Å². The molecule has 0 aliphatic carbocycles. The van der Waals surface area contributed by atoms with Crippen LogP contribution in [0, 0.1) is 12.8 Å². The predicted molar refractivity (Wildman–Crippen MR) is 98.3 cm³/mol. The lowest BCUT2D eigenvalue weighted by atomic mass is 10.2. The number of nitrogens with zero attached hydrogens (tertiary/aromatic N) is 2. The molecule has 1 aliphatic rings. The van der Waals surface area contributed by atoms with E-state index in [2.05, 4.69) is 53.4 Å². The van der Waals surface area contributed by atoms with Gasteiger partial charge in [0.25, 0.3) is 0 Å². The summed E-state index contributed by atoms with van der Waals surface area (Å²) in [6.07, 6.45) is 0.227. The molecule has 1 unspecified atom stereocenters. The molecule has 5 nitrogen and oxygen atoms in total. The molecule has 2 heterocycles. The second kappa shape index (κ2) is 9.25. The van der Waals surface area contributed by atoms with Gasteiger partial charge in [0, 0.05) is 43.0 Å². The Labute approximate surface area is 144 Å². The first-order chi connectivity index (χ1) is 11.1. The maximum Gasteiger partial charge on any atom is 0.191 e. The molecule has 0 spiro atoms. The molecule has 6 heteroatoms. The van der Waals surface area contributed by atoms with E-state index < -0.39 is 0 Å². The van der Waals surface area contributed by atoms with Crippen molar-refractivity contribution in [1.29, 1.82) is 0 Å². The van der Waals surface area contributed by atoms with Crippen LogP contribution in [0.25, 0.3) is 0 Å². The Kier molecular flexibility index (Phi) is 7.33. The first-order valence-corrected chi connectivity index (χ1v) is 9.22. The Morgan fingerprint density at radius 2 is 2.26 bits per heavy atom. The van der Waals surface area contributed by atoms with Crippen molar-refractivity contribution in [1.82, 2.24) is 15.5 Å². The van der Waals surface area contributed by atoms with Crippen molar-refractivity contribution in [3.05, 3.63) is 21.9 Å². The van der Waals surface area contributed by atoms with Crippen LogP contribution in [-0.4, -0.2) is 56.8 Å². The summed E-state index contributed by atoms with van der Waals surface area (Å²) in [6, 6.07) is 4.31. The van der Waals surface area contributed by atoms with Gasteiger partial charge in [0.15, 0.2) is 5.96 Å². The molecule has 2 N–H and O–H groups in total. The summed E-state index contributed by atoms with van der Waals surface area (Å²) in [5.41, 5.74) is 0. The van der Waals surface area contributed by atoms with Gasteiger partial charge in [-0.2, -0.15) is 0 Å². The average molecular weight is 339 g/mol. The first kappa shape index (κ1) is 18.2. The number of aryl methyl sites for hydroxylation is 1.